The van der Waals surface area contributed by atoms with Crippen molar-refractivity contribution in [2.24, 2.45) is 5.73 Å². The first kappa shape index (κ1) is 14.9. The molecule has 0 unspecified atom stereocenters. The maximum Gasteiger partial charge on any atom is 0.243 e. The fraction of sp³-hybridized carbons (Fsp3) is 0.316. The second-order valence-corrected chi connectivity index (χ2v) is 7.50. The molecule has 4 rings (SSSR count). The molecule has 118 valence electrons. The number of aryl methyl sites for hydroxylation is 1. The number of amides is 1. The first-order valence-electron chi connectivity index (χ1n) is 7.91. The Hall–Kier alpha value is -1.65. The van der Waals surface area contributed by atoms with Crippen molar-refractivity contribution in [2.45, 2.75) is 37.9 Å². The van der Waals surface area contributed by atoms with Crippen LogP contribution in [-0.2, 0) is 17.9 Å². The SMILES string of the molecule is Cc1ccc2c(c1Br)CN(C(=O)[C@@]1(N)C[C@H]1c1ccccc1)C2. The average Bonchev–Trinajstić information content (AvgIpc) is 3.07. The molecule has 2 N–H and O–H groups in total. The highest BCUT2D eigenvalue weighted by atomic mass is 79.9. The Bertz CT molecular complexity index is 789. The highest BCUT2D eigenvalue weighted by molar-refractivity contribution is 9.10. The second-order valence-electron chi connectivity index (χ2n) is 6.70. The van der Waals surface area contributed by atoms with Crippen LogP contribution in [0.4, 0.5) is 0 Å². The zero-order valence-corrected chi connectivity index (χ0v) is 14.6. The van der Waals surface area contributed by atoms with Gasteiger partial charge in [-0.1, -0.05) is 58.4 Å². The topological polar surface area (TPSA) is 46.3 Å². The number of rotatable bonds is 2. The van der Waals surface area contributed by atoms with E-state index in [2.05, 4.69) is 47.1 Å². The van der Waals surface area contributed by atoms with Crippen molar-refractivity contribution >= 4 is 21.8 Å². The zero-order valence-electron chi connectivity index (χ0n) is 13.1. The lowest BCUT2D eigenvalue weighted by molar-refractivity contribution is -0.134. The van der Waals surface area contributed by atoms with Gasteiger partial charge in [-0.3, -0.25) is 4.79 Å². The summed E-state index contributed by atoms with van der Waals surface area (Å²) in [5.74, 6) is 0.220. The van der Waals surface area contributed by atoms with Crippen LogP contribution in [0.2, 0.25) is 0 Å². The van der Waals surface area contributed by atoms with E-state index in [1.54, 1.807) is 0 Å². The van der Waals surface area contributed by atoms with Gasteiger partial charge in [-0.25, -0.2) is 0 Å². The van der Waals surface area contributed by atoms with Crippen molar-refractivity contribution in [3.8, 4) is 0 Å². The summed E-state index contributed by atoms with van der Waals surface area (Å²) in [4.78, 5) is 14.9. The molecule has 2 aromatic rings. The van der Waals surface area contributed by atoms with Crippen LogP contribution in [0.3, 0.4) is 0 Å². The van der Waals surface area contributed by atoms with Gasteiger partial charge in [0.05, 0.1) is 0 Å². The van der Waals surface area contributed by atoms with Gasteiger partial charge >= 0.3 is 0 Å². The quantitative estimate of drug-likeness (QED) is 0.879. The van der Waals surface area contributed by atoms with Gasteiger partial charge in [0.25, 0.3) is 0 Å². The summed E-state index contributed by atoms with van der Waals surface area (Å²) < 4.78 is 1.12. The molecule has 23 heavy (non-hydrogen) atoms. The minimum atomic E-state index is -0.731. The van der Waals surface area contributed by atoms with Gasteiger partial charge in [0.1, 0.15) is 5.54 Å². The largest absolute Gasteiger partial charge is 0.332 e. The molecule has 0 bridgehead atoms. The van der Waals surface area contributed by atoms with E-state index in [1.165, 1.54) is 16.7 Å². The number of hydrogen-bond donors (Lipinski definition) is 1. The number of carbonyl (C=O) groups is 1. The van der Waals surface area contributed by atoms with Crippen molar-refractivity contribution in [1.82, 2.24) is 4.90 Å². The van der Waals surface area contributed by atoms with Gasteiger partial charge in [0.2, 0.25) is 5.91 Å². The lowest BCUT2D eigenvalue weighted by Gasteiger charge is -2.21. The monoisotopic (exact) mass is 370 g/mol. The number of halogens is 1. The normalized spacial score (nSPS) is 25.3. The molecule has 0 aromatic heterocycles. The number of nitrogens with two attached hydrogens (primary N) is 1. The molecule has 4 heteroatoms. The Labute approximate surface area is 144 Å². The minimum Gasteiger partial charge on any atom is -0.332 e. The molecule has 1 heterocycles. The van der Waals surface area contributed by atoms with Crippen LogP contribution >= 0.6 is 15.9 Å². The predicted molar refractivity (Wildman–Crippen MR) is 93.9 cm³/mol. The van der Waals surface area contributed by atoms with Gasteiger partial charge in [0, 0.05) is 23.5 Å². The van der Waals surface area contributed by atoms with E-state index in [1.807, 2.05) is 23.1 Å². The van der Waals surface area contributed by atoms with Crippen molar-refractivity contribution in [3.63, 3.8) is 0 Å². The average molecular weight is 371 g/mol. The summed E-state index contributed by atoms with van der Waals surface area (Å²) in [7, 11) is 0. The molecule has 0 saturated heterocycles. The van der Waals surface area contributed by atoms with Crippen LogP contribution < -0.4 is 5.73 Å². The van der Waals surface area contributed by atoms with Gasteiger partial charge in [0.15, 0.2) is 0 Å². The summed E-state index contributed by atoms with van der Waals surface area (Å²) in [5.41, 5.74) is 10.5. The van der Waals surface area contributed by atoms with Gasteiger partial charge in [-0.15, -0.1) is 0 Å². The van der Waals surface area contributed by atoms with Crippen molar-refractivity contribution < 1.29 is 4.79 Å². The Kier molecular flexibility index (Phi) is 3.36. The van der Waals surface area contributed by atoms with E-state index >= 15 is 0 Å². The fourth-order valence-corrected chi connectivity index (χ4v) is 4.12. The standard InChI is InChI=1S/C19H19BrN2O/c1-12-7-8-14-10-22(11-15(14)17(12)20)18(23)19(21)9-16(19)13-5-3-2-4-6-13/h2-8,16H,9-11,21H2,1H3/t16-,19+/m0/s1. The van der Waals surface area contributed by atoms with Gasteiger partial charge in [-0.2, -0.15) is 0 Å². The molecular weight excluding hydrogens is 352 g/mol. The predicted octanol–water partition coefficient (Wildman–Crippen LogP) is 3.48. The Morgan fingerprint density at radius 2 is 1.96 bits per heavy atom. The fourth-order valence-electron chi connectivity index (χ4n) is 3.60. The molecule has 2 aliphatic rings. The lowest BCUT2D eigenvalue weighted by Crippen LogP contribution is -2.44. The molecule has 2 aromatic carbocycles. The van der Waals surface area contributed by atoms with Crippen molar-refractivity contribution in [2.75, 3.05) is 0 Å². The minimum absolute atomic E-state index is 0.0760. The van der Waals surface area contributed by atoms with E-state index in [-0.39, 0.29) is 11.8 Å². The number of fused-ring (bicyclic) bond motifs is 1. The van der Waals surface area contributed by atoms with Crippen LogP contribution in [-0.4, -0.2) is 16.3 Å². The Morgan fingerprint density at radius 3 is 2.70 bits per heavy atom. The lowest BCUT2D eigenvalue weighted by atomic mass is 10.1. The Morgan fingerprint density at radius 1 is 1.22 bits per heavy atom. The summed E-state index contributed by atoms with van der Waals surface area (Å²) >= 11 is 3.65. The van der Waals surface area contributed by atoms with Crippen LogP contribution in [0.1, 0.15) is 34.6 Å². The Balaban J connectivity index is 1.55. The molecule has 0 spiro atoms. The molecule has 1 saturated carbocycles. The molecule has 0 radical (unpaired) electrons. The van der Waals surface area contributed by atoms with Crippen LogP contribution in [0.5, 0.6) is 0 Å². The molecule has 1 amide bonds. The summed E-state index contributed by atoms with van der Waals surface area (Å²) in [6, 6.07) is 14.3. The number of benzene rings is 2. The summed E-state index contributed by atoms with van der Waals surface area (Å²) in [6.45, 7) is 3.38. The van der Waals surface area contributed by atoms with E-state index < -0.39 is 5.54 Å². The third-order valence-corrected chi connectivity index (χ3v) is 6.24. The highest BCUT2D eigenvalue weighted by Gasteiger charge is 2.59. The van der Waals surface area contributed by atoms with Gasteiger partial charge < -0.3 is 10.6 Å². The smallest absolute Gasteiger partial charge is 0.243 e. The van der Waals surface area contributed by atoms with E-state index in [0.29, 0.717) is 13.1 Å². The van der Waals surface area contributed by atoms with E-state index in [9.17, 15) is 4.79 Å². The highest BCUT2D eigenvalue weighted by Crippen LogP contribution is 2.51. The maximum atomic E-state index is 13.0. The second kappa shape index (κ2) is 5.18. The molecule has 1 fully saturated rings. The number of nitrogens with zero attached hydrogens (tertiary/aromatic N) is 1. The van der Waals surface area contributed by atoms with Gasteiger partial charge in [-0.05, 0) is 35.6 Å². The number of carbonyl (C=O) groups excluding carboxylic acids is 1. The third-order valence-electron chi connectivity index (χ3n) is 5.13. The molecule has 1 aliphatic heterocycles. The first-order chi connectivity index (χ1) is 11.0. The molecular formula is C19H19BrN2O. The molecule has 1 aliphatic carbocycles. The van der Waals surface area contributed by atoms with E-state index in [0.717, 1.165) is 16.5 Å². The molecule has 3 nitrogen and oxygen atoms in total. The zero-order chi connectivity index (χ0) is 16.2. The van der Waals surface area contributed by atoms with Crippen molar-refractivity contribution in [1.29, 1.82) is 0 Å². The maximum absolute atomic E-state index is 13.0. The number of hydrogen-bond acceptors (Lipinski definition) is 2. The molecule has 2 atom stereocenters. The summed E-state index contributed by atoms with van der Waals surface area (Å²) in [5, 5.41) is 0. The first-order valence-corrected chi connectivity index (χ1v) is 8.70. The van der Waals surface area contributed by atoms with E-state index in [4.69, 9.17) is 5.73 Å². The van der Waals surface area contributed by atoms with Crippen LogP contribution in [0.25, 0.3) is 0 Å². The van der Waals surface area contributed by atoms with Crippen molar-refractivity contribution in [3.05, 3.63) is 69.2 Å². The van der Waals surface area contributed by atoms with Crippen LogP contribution in [0.15, 0.2) is 46.9 Å². The third kappa shape index (κ3) is 2.32. The van der Waals surface area contributed by atoms with Crippen LogP contribution in [0, 0.1) is 6.92 Å². The summed E-state index contributed by atoms with van der Waals surface area (Å²) in [6.07, 6.45) is 0.739.